The third kappa shape index (κ3) is 5.28. The molecule has 1 fully saturated rings. The molecule has 2 amide bonds. The number of nitrogens with zero attached hydrogens (tertiary/aromatic N) is 6. The number of rotatable bonds is 10. The van der Waals surface area contributed by atoms with Crippen LogP contribution in [0.15, 0.2) is 20.9 Å². The molecule has 2 aliphatic rings. The number of aromatic nitrogens is 5. The van der Waals surface area contributed by atoms with Crippen LogP contribution >= 0.6 is 46.1 Å². The molecule has 2 aliphatic heterocycles. The quantitative estimate of drug-likeness (QED) is 0.103. The number of ether oxygens (including phenoxy) is 1. The highest BCUT2D eigenvalue weighted by molar-refractivity contribution is 14.1. The molecule has 2 aromatic heterocycles. The summed E-state index contributed by atoms with van der Waals surface area (Å²) >= 11 is 4.17. The van der Waals surface area contributed by atoms with E-state index in [1.54, 1.807) is 29.6 Å². The number of hydrogen-bond acceptors (Lipinski definition) is 14. The fourth-order valence-corrected chi connectivity index (χ4v) is 7.02. The van der Waals surface area contributed by atoms with Gasteiger partial charge in [-0.2, -0.15) is 8.42 Å². The molecule has 0 aliphatic carbocycles. The lowest BCUT2D eigenvalue weighted by molar-refractivity contribution is -0.192. The van der Waals surface area contributed by atoms with Gasteiger partial charge >= 0.3 is 16.1 Å². The first kappa shape index (κ1) is 27.6. The largest absolute Gasteiger partial charge is 0.477 e. The molecule has 4 rings (SSSR count). The van der Waals surface area contributed by atoms with E-state index in [0.717, 1.165) is 11.2 Å². The van der Waals surface area contributed by atoms with Crippen LogP contribution < -0.4 is 9.50 Å². The summed E-state index contributed by atoms with van der Waals surface area (Å²) in [5.74, 6) is -2.58. The minimum atomic E-state index is -3.86. The van der Waals surface area contributed by atoms with Gasteiger partial charge in [-0.3, -0.25) is 14.5 Å². The molecule has 4 heterocycles. The van der Waals surface area contributed by atoms with Gasteiger partial charge in [0.25, 0.3) is 17.5 Å². The van der Waals surface area contributed by atoms with Crippen LogP contribution in [0.3, 0.4) is 0 Å². The Morgan fingerprint density at radius 3 is 2.76 bits per heavy atom. The third-order valence-corrected chi connectivity index (χ3v) is 9.13. The highest BCUT2D eigenvalue weighted by atomic mass is 127. The van der Waals surface area contributed by atoms with Crippen LogP contribution in [-0.2, 0) is 42.7 Å². The van der Waals surface area contributed by atoms with E-state index < -0.39 is 45.4 Å². The lowest BCUT2D eigenvalue weighted by Gasteiger charge is -2.55. The summed E-state index contributed by atoms with van der Waals surface area (Å²) in [6, 6.07) is 0. The van der Waals surface area contributed by atoms with Crippen molar-refractivity contribution in [3.8, 4) is 5.88 Å². The Hall–Kier alpha value is -2.43. The first-order valence-electron chi connectivity index (χ1n) is 10.0. The molecule has 16 nitrogen and oxygen atoms in total. The number of carboxylic acids is 1. The second kappa shape index (κ2) is 10.4. The second-order valence-electron chi connectivity index (χ2n) is 7.65. The van der Waals surface area contributed by atoms with Crippen LogP contribution in [0.2, 0.25) is 0 Å². The van der Waals surface area contributed by atoms with E-state index in [0.29, 0.717) is 10.7 Å². The first-order valence-corrected chi connectivity index (χ1v) is 15.0. The maximum atomic E-state index is 13.2. The van der Waals surface area contributed by atoms with E-state index >= 15 is 0 Å². The Morgan fingerprint density at radius 1 is 1.43 bits per heavy atom. The number of carboxylic acid groups (broad SMARTS) is 1. The first-order chi connectivity index (χ1) is 17.4. The van der Waals surface area contributed by atoms with Crippen molar-refractivity contribution in [2.75, 3.05) is 24.9 Å². The smallest absolute Gasteiger partial charge is 0.352 e. The average Bonchev–Trinajstić information content (AvgIpc) is 3.39. The molecule has 2 atom stereocenters. The molecule has 0 aromatic carbocycles. The van der Waals surface area contributed by atoms with Crippen molar-refractivity contribution < 1.29 is 41.4 Å². The minimum absolute atomic E-state index is 0.00613. The third-order valence-electron chi connectivity index (χ3n) is 5.14. The van der Waals surface area contributed by atoms with E-state index in [4.69, 9.17) is 13.4 Å². The molecule has 200 valence electrons. The number of hydrogen-bond donors (Lipinski definition) is 2. The number of carbonyl (C=O) groups excluding carboxylic acids is 2. The Balaban J connectivity index is 1.50. The molecule has 0 spiro atoms. The van der Waals surface area contributed by atoms with Crippen LogP contribution in [-0.4, -0.2) is 97.5 Å². The van der Waals surface area contributed by atoms with E-state index in [2.05, 4.69) is 26.0 Å². The van der Waals surface area contributed by atoms with Gasteiger partial charge in [-0.25, -0.2) is 9.48 Å². The lowest BCUT2D eigenvalue weighted by Crippen LogP contribution is -2.80. The Labute approximate surface area is 231 Å². The maximum absolute atomic E-state index is 13.2. The van der Waals surface area contributed by atoms with Crippen LogP contribution in [0.1, 0.15) is 5.76 Å². The number of aliphatic carboxylic acids is 1. The number of methoxy groups -OCH3 is 1. The van der Waals surface area contributed by atoms with Crippen LogP contribution in [0.4, 0.5) is 0 Å². The Kier molecular flexibility index (Phi) is 7.74. The number of thioether (sulfide) groups is 2. The molecule has 37 heavy (non-hydrogen) atoms. The summed E-state index contributed by atoms with van der Waals surface area (Å²) in [5.41, 5.74) is -1.52. The van der Waals surface area contributed by atoms with Crippen molar-refractivity contribution in [1.29, 1.82) is 0 Å². The molecule has 0 unspecified atom stereocenters. The van der Waals surface area contributed by atoms with Crippen molar-refractivity contribution in [1.82, 2.24) is 35.6 Å². The monoisotopic (exact) mass is 687 g/mol. The fraction of sp³-hybridized carbons (Fsp3) is 0.471. The highest BCUT2D eigenvalue weighted by Gasteiger charge is 2.66. The summed E-state index contributed by atoms with van der Waals surface area (Å²) in [4.78, 5) is 39.2. The second-order valence-corrected chi connectivity index (χ2v) is 12.3. The molecule has 0 bridgehead atoms. The molecule has 2 N–H and O–H groups in total. The van der Waals surface area contributed by atoms with Gasteiger partial charge in [0.15, 0.2) is 5.76 Å². The zero-order valence-corrected chi connectivity index (χ0v) is 23.8. The van der Waals surface area contributed by atoms with Crippen LogP contribution in [0, 0.1) is 3.57 Å². The average molecular weight is 687 g/mol. The predicted octanol–water partition coefficient (Wildman–Crippen LogP) is -0.811. The minimum Gasteiger partial charge on any atom is -0.477 e. The van der Waals surface area contributed by atoms with Gasteiger partial charge < -0.3 is 23.9 Å². The fourth-order valence-electron chi connectivity index (χ4n) is 3.55. The van der Waals surface area contributed by atoms with Crippen molar-refractivity contribution in [3.63, 3.8) is 0 Å². The van der Waals surface area contributed by atoms with Gasteiger partial charge in [-0.1, -0.05) is 11.8 Å². The highest BCUT2D eigenvalue weighted by Crippen LogP contribution is 2.47. The number of nitrogens with one attached hydrogen (secondary N) is 1. The van der Waals surface area contributed by atoms with Crippen LogP contribution in [0.25, 0.3) is 0 Å². The summed E-state index contributed by atoms with van der Waals surface area (Å²) < 4.78 is 39.4. The van der Waals surface area contributed by atoms with Gasteiger partial charge in [0.05, 0.1) is 12.7 Å². The number of tetrazole rings is 1. The molecule has 20 heteroatoms. The predicted molar refractivity (Wildman–Crippen MR) is 134 cm³/mol. The molecular weight excluding hydrogens is 669 g/mol. The number of amides is 2. The SMILES string of the molecule is CO[C@@]1(NC(=O)Cc2onc(OS(C)(=O)=O)c2I)C(=O)N2C(C(=O)O)=C(CSc3nnnn3C)CS[C@@H]21. The number of fused-ring (bicyclic) bond motifs is 1. The normalized spacial score (nSPS) is 21.5. The Morgan fingerprint density at radius 2 is 2.16 bits per heavy atom. The molecule has 1 saturated heterocycles. The van der Waals surface area contributed by atoms with Crippen LogP contribution in [0.5, 0.6) is 5.88 Å². The van der Waals surface area contributed by atoms with Crippen molar-refractivity contribution >= 4 is 74.0 Å². The van der Waals surface area contributed by atoms with Gasteiger partial charge in [0.1, 0.15) is 14.6 Å². The lowest BCUT2D eigenvalue weighted by atomic mass is 9.98. The van der Waals surface area contributed by atoms with Gasteiger partial charge in [0, 0.05) is 25.7 Å². The maximum Gasteiger partial charge on any atom is 0.352 e. The summed E-state index contributed by atoms with van der Waals surface area (Å²) in [6.07, 6.45) is 0.419. The van der Waals surface area contributed by atoms with E-state index in [1.807, 2.05) is 0 Å². The number of halogens is 1. The zero-order valence-electron chi connectivity index (χ0n) is 19.2. The summed E-state index contributed by atoms with van der Waals surface area (Å²) in [6.45, 7) is 0. The van der Waals surface area contributed by atoms with Crippen molar-refractivity contribution in [2.45, 2.75) is 22.7 Å². The van der Waals surface area contributed by atoms with Gasteiger partial charge in [0.2, 0.25) is 11.1 Å². The number of aryl methyl sites for hydroxylation is 1. The van der Waals surface area contributed by atoms with Gasteiger partial charge in [-0.15, -0.1) is 16.9 Å². The standard InChI is InChI=1S/C17H18IN7O9S3/c1-24-16(20-22-23-24)36-6-7-5-35-15-17(32-2,14(29)25(15)11(7)13(27)28)19-9(26)4-8-10(18)12(21-33-8)34-37(3,30)31/h15H,4-6H2,1-3H3,(H,19,26)(H,27,28)/t15-,17+/m1/s1. The summed E-state index contributed by atoms with van der Waals surface area (Å²) in [7, 11) is -0.992. The topological polar surface area (TPSA) is 209 Å². The number of β-lactam (4-membered cyclic amide) rings is 1. The van der Waals surface area contributed by atoms with Crippen molar-refractivity contribution in [3.05, 3.63) is 20.6 Å². The summed E-state index contributed by atoms with van der Waals surface area (Å²) in [5, 5.41) is 26.6. The zero-order chi connectivity index (χ0) is 27.1. The van der Waals surface area contributed by atoms with E-state index in [9.17, 15) is 27.9 Å². The molecule has 0 radical (unpaired) electrons. The number of carbonyl (C=O) groups is 3. The molecule has 2 aromatic rings. The Bertz CT molecular complexity index is 1410. The molecule has 0 saturated carbocycles. The van der Waals surface area contributed by atoms with E-state index in [1.165, 1.54) is 35.3 Å². The van der Waals surface area contributed by atoms with Gasteiger partial charge in [-0.05, 0) is 43.7 Å². The van der Waals surface area contributed by atoms with Crippen molar-refractivity contribution in [2.24, 2.45) is 7.05 Å². The van der Waals surface area contributed by atoms with E-state index in [-0.39, 0.29) is 32.4 Å². The molecular formula is C17H18IN7O9S3.